The summed E-state index contributed by atoms with van der Waals surface area (Å²) in [7, 11) is -1.16. The lowest BCUT2D eigenvalue weighted by Crippen LogP contribution is -2.37. The van der Waals surface area contributed by atoms with Crippen molar-refractivity contribution in [2.75, 3.05) is 12.3 Å². The highest BCUT2D eigenvalue weighted by atomic mass is 32.2. The standard InChI is InChI=1S/C21H24N2O2S/c1-22-20-12-6-5-11-18(20)19-16-23(14-13-21(19)22)26(24,25)15-7-10-17-8-3-2-4-9-17/h2-6,8-9,11-12H,7,10,13-16H2,1H3. The topological polar surface area (TPSA) is 42.3 Å². The number of sulfonamides is 1. The van der Waals surface area contributed by atoms with Gasteiger partial charge in [0.15, 0.2) is 0 Å². The molecule has 2 heterocycles. The summed E-state index contributed by atoms with van der Waals surface area (Å²) in [6.07, 6.45) is 2.23. The van der Waals surface area contributed by atoms with Crippen LogP contribution in [0, 0.1) is 0 Å². The molecule has 0 amide bonds. The third-order valence-electron chi connectivity index (χ3n) is 5.38. The van der Waals surface area contributed by atoms with Gasteiger partial charge < -0.3 is 4.57 Å². The molecule has 0 spiro atoms. The van der Waals surface area contributed by atoms with Crippen molar-refractivity contribution < 1.29 is 8.42 Å². The van der Waals surface area contributed by atoms with Crippen LogP contribution >= 0.6 is 0 Å². The van der Waals surface area contributed by atoms with Crippen LogP contribution in [0.1, 0.15) is 23.2 Å². The maximum absolute atomic E-state index is 12.8. The van der Waals surface area contributed by atoms with Gasteiger partial charge in [0.1, 0.15) is 0 Å². The minimum absolute atomic E-state index is 0.210. The normalized spacial score (nSPS) is 15.3. The zero-order valence-corrected chi connectivity index (χ0v) is 15.9. The SMILES string of the molecule is Cn1c2c(c3ccccc31)CN(S(=O)(=O)CCCc1ccccc1)CC2. The Labute approximate surface area is 155 Å². The van der Waals surface area contributed by atoms with E-state index in [2.05, 4.69) is 35.9 Å². The fourth-order valence-corrected chi connectivity index (χ4v) is 5.44. The smallest absolute Gasteiger partial charge is 0.214 e. The van der Waals surface area contributed by atoms with Gasteiger partial charge in [-0.3, -0.25) is 0 Å². The fraction of sp³-hybridized carbons (Fsp3) is 0.333. The fourth-order valence-electron chi connectivity index (χ4n) is 3.98. The molecule has 26 heavy (non-hydrogen) atoms. The molecule has 4 rings (SSSR count). The van der Waals surface area contributed by atoms with Crippen molar-refractivity contribution in [2.24, 2.45) is 7.05 Å². The van der Waals surface area contributed by atoms with Crippen molar-refractivity contribution in [1.82, 2.24) is 8.87 Å². The molecule has 2 aromatic carbocycles. The Balaban J connectivity index is 1.50. The summed E-state index contributed by atoms with van der Waals surface area (Å²) >= 11 is 0. The van der Waals surface area contributed by atoms with E-state index in [4.69, 9.17) is 0 Å². The molecule has 0 radical (unpaired) electrons. The minimum atomic E-state index is -3.23. The molecule has 0 saturated heterocycles. The number of fused-ring (bicyclic) bond motifs is 3. The molecule has 0 aliphatic carbocycles. The van der Waals surface area contributed by atoms with Crippen molar-refractivity contribution in [3.05, 3.63) is 71.4 Å². The largest absolute Gasteiger partial charge is 0.347 e. The van der Waals surface area contributed by atoms with Gasteiger partial charge in [0, 0.05) is 43.2 Å². The van der Waals surface area contributed by atoms with Gasteiger partial charge >= 0.3 is 0 Å². The Kier molecular flexibility index (Phi) is 4.59. The molecule has 5 heteroatoms. The predicted octanol–water partition coefficient (Wildman–Crippen LogP) is 3.50. The number of rotatable bonds is 5. The van der Waals surface area contributed by atoms with Crippen LogP contribution in [0.2, 0.25) is 0 Å². The van der Waals surface area contributed by atoms with E-state index in [0.29, 0.717) is 19.5 Å². The van der Waals surface area contributed by atoms with E-state index < -0.39 is 10.0 Å². The van der Waals surface area contributed by atoms with E-state index in [1.807, 2.05) is 30.3 Å². The summed E-state index contributed by atoms with van der Waals surface area (Å²) in [6, 6.07) is 18.3. The number of hydrogen-bond donors (Lipinski definition) is 0. The average molecular weight is 369 g/mol. The first-order chi connectivity index (χ1) is 12.6. The van der Waals surface area contributed by atoms with Gasteiger partial charge in [-0.15, -0.1) is 0 Å². The quantitative estimate of drug-likeness (QED) is 0.692. The van der Waals surface area contributed by atoms with Crippen LogP contribution in [-0.2, 0) is 36.5 Å². The van der Waals surface area contributed by atoms with Crippen molar-refractivity contribution in [1.29, 1.82) is 0 Å². The molecule has 0 fully saturated rings. The van der Waals surface area contributed by atoms with Crippen LogP contribution in [0.4, 0.5) is 0 Å². The van der Waals surface area contributed by atoms with E-state index >= 15 is 0 Å². The molecule has 136 valence electrons. The minimum Gasteiger partial charge on any atom is -0.347 e. The molecular weight excluding hydrogens is 344 g/mol. The predicted molar refractivity (Wildman–Crippen MR) is 106 cm³/mol. The van der Waals surface area contributed by atoms with Crippen molar-refractivity contribution in [2.45, 2.75) is 25.8 Å². The molecule has 3 aromatic rings. The van der Waals surface area contributed by atoms with Gasteiger partial charge in [0.2, 0.25) is 10.0 Å². The zero-order valence-electron chi connectivity index (χ0n) is 15.1. The Morgan fingerprint density at radius 3 is 2.54 bits per heavy atom. The summed E-state index contributed by atoms with van der Waals surface area (Å²) in [5.41, 5.74) is 4.81. The van der Waals surface area contributed by atoms with Crippen LogP contribution in [0.5, 0.6) is 0 Å². The second-order valence-electron chi connectivity index (χ2n) is 6.99. The second kappa shape index (κ2) is 6.89. The van der Waals surface area contributed by atoms with Crippen molar-refractivity contribution in [3.8, 4) is 0 Å². The van der Waals surface area contributed by atoms with Gasteiger partial charge in [-0.05, 0) is 30.0 Å². The summed E-state index contributed by atoms with van der Waals surface area (Å²) in [6.45, 7) is 1.06. The number of benzene rings is 2. The summed E-state index contributed by atoms with van der Waals surface area (Å²) in [5.74, 6) is 0.210. The Morgan fingerprint density at radius 1 is 1.00 bits per heavy atom. The lowest BCUT2D eigenvalue weighted by molar-refractivity contribution is 0.387. The van der Waals surface area contributed by atoms with E-state index in [0.717, 1.165) is 12.8 Å². The first-order valence-electron chi connectivity index (χ1n) is 9.13. The van der Waals surface area contributed by atoms with Crippen LogP contribution < -0.4 is 0 Å². The number of aromatic nitrogens is 1. The molecular formula is C21H24N2O2S. The molecule has 1 aliphatic heterocycles. The van der Waals surface area contributed by atoms with Gasteiger partial charge in [0.05, 0.1) is 5.75 Å². The summed E-state index contributed by atoms with van der Waals surface area (Å²) in [5, 5.41) is 1.18. The summed E-state index contributed by atoms with van der Waals surface area (Å²) in [4.78, 5) is 0. The second-order valence-corrected chi connectivity index (χ2v) is 9.08. The van der Waals surface area contributed by atoms with Gasteiger partial charge in [0.25, 0.3) is 0 Å². The average Bonchev–Trinajstić information content (AvgIpc) is 2.95. The Morgan fingerprint density at radius 2 is 1.73 bits per heavy atom. The molecule has 0 unspecified atom stereocenters. The highest BCUT2D eigenvalue weighted by Gasteiger charge is 2.29. The van der Waals surface area contributed by atoms with Crippen LogP contribution in [0.25, 0.3) is 10.9 Å². The van der Waals surface area contributed by atoms with Crippen LogP contribution in [-0.4, -0.2) is 29.6 Å². The molecule has 1 aromatic heterocycles. The maximum atomic E-state index is 12.8. The monoisotopic (exact) mass is 368 g/mol. The van der Waals surface area contributed by atoms with Gasteiger partial charge in [-0.25, -0.2) is 8.42 Å². The zero-order chi connectivity index (χ0) is 18.1. The number of nitrogens with zero attached hydrogens (tertiary/aromatic N) is 2. The van der Waals surface area contributed by atoms with E-state index in [9.17, 15) is 8.42 Å². The first kappa shape index (κ1) is 17.3. The van der Waals surface area contributed by atoms with Crippen LogP contribution in [0.15, 0.2) is 54.6 Å². The highest BCUT2D eigenvalue weighted by Crippen LogP contribution is 2.31. The number of para-hydroxylation sites is 1. The Bertz CT molecular complexity index is 1020. The van der Waals surface area contributed by atoms with Gasteiger partial charge in [-0.2, -0.15) is 4.31 Å². The van der Waals surface area contributed by atoms with E-state index in [-0.39, 0.29) is 5.75 Å². The lowest BCUT2D eigenvalue weighted by atomic mass is 10.1. The van der Waals surface area contributed by atoms with Crippen LogP contribution in [0.3, 0.4) is 0 Å². The van der Waals surface area contributed by atoms with Crippen molar-refractivity contribution >= 4 is 20.9 Å². The van der Waals surface area contributed by atoms with Gasteiger partial charge in [-0.1, -0.05) is 48.5 Å². The molecule has 0 bridgehead atoms. The molecule has 0 N–H and O–H groups in total. The molecule has 0 saturated carbocycles. The Hall–Kier alpha value is -2.11. The summed E-state index contributed by atoms with van der Waals surface area (Å²) < 4.78 is 29.6. The number of hydrogen-bond acceptors (Lipinski definition) is 2. The first-order valence-corrected chi connectivity index (χ1v) is 10.7. The highest BCUT2D eigenvalue weighted by molar-refractivity contribution is 7.89. The molecule has 4 nitrogen and oxygen atoms in total. The lowest BCUT2D eigenvalue weighted by Gasteiger charge is -2.27. The number of aryl methyl sites for hydroxylation is 2. The molecule has 1 aliphatic rings. The third kappa shape index (κ3) is 3.17. The maximum Gasteiger partial charge on any atom is 0.214 e. The van der Waals surface area contributed by atoms with Crippen molar-refractivity contribution in [3.63, 3.8) is 0 Å². The molecule has 0 atom stereocenters. The van der Waals surface area contributed by atoms with E-state index in [1.165, 1.54) is 27.7 Å². The van der Waals surface area contributed by atoms with E-state index in [1.54, 1.807) is 4.31 Å². The third-order valence-corrected chi connectivity index (χ3v) is 7.28.